The maximum atomic E-state index is 6.35. The van der Waals surface area contributed by atoms with Gasteiger partial charge in [-0.15, -0.1) is 0 Å². The van der Waals surface area contributed by atoms with Crippen molar-refractivity contribution < 1.29 is 9.15 Å². The minimum absolute atomic E-state index is 0.526. The number of hydrogen-bond donors (Lipinski definition) is 1. The fourth-order valence-electron chi connectivity index (χ4n) is 2.74. The SMILES string of the molecule is COc1ccc(C)cc1NC(=S)N(Cc1ccco1)Cc1ccccc1Cl. The third-order valence-electron chi connectivity index (χ3n) is 4.13. The first kappa shape index (κ1) is 19.3. The fraction of sp³-hybridized carbons (Fsp3) is 0.190. The van der Waals surface area contributed by atoms with Crippen LogP contribution in [-0.2, 0) is 13.1 Å². The van der Waals surface area contributed by atoms with E-state index in [4.69, 9.17) is 33.0 Å². The van der Waals surface area contributed by atoms with Gasteiger partial charge in [-0.05, 0) is 60.6 Å². The summed E-state index contributed by atoms with van der Waals surface area (Å²) >= 11 is 12.0. The average Bonchev–Trinajstić information content (AvgIpc) is 3.16. The van der Waals surface area contributed by atoms with Crippen molar-refractivity contribution in [3.8, 4) is 5.75 Å². The summed E-state index contributed by atoms with van der Waals surface area (Å²) in [6, 6.07) is 17.5. The van der Waals surface area contributed by atoms with Crippen LogP contribution in [0.2, 0.25) is 5.02 Å². The second-order valence-corrected chi connectivity index (χ2v) is 6.95. The summed E-state index contributed by atoms with van der Waals surface area (Å²) in [6.07, 6.45) is 1.66. The van der Waals surface area contributed by atoms with Crippen molar-refractivity contribution in [2.24, 2.45) is 0 Å². The van der Waals surface area contributed by atoms with Crippen molar-refractivity contribution in [2.45, 2.75) is 20.0 Å². The van der Waals surface area contributed by atoms with Gasteiger partial charge in [0, 0.05) is 11.6 Å². The van der Waals surface area contributed by atoms with E-state index >= 15 is 0 Å². The Morgan fingerprint density at radius 2 is 1.96 bits per heavy atom. The smallest absolute Gasteiger partial charge is 0.174 e. The summed E-state index contributed by atoms with van der Waals surface area (Å²) < 4.78 is 11.0. The molecular weight excluding hydrogens is 380 g/mol. The van der Waals surface area contributed by atoms with Crippen LogP contribution in [0.5, 0.6) is 5.75 Å². The third-order valence-corrected chi connectivity index (χ3v) is 4.86. The largest absolute Gasteiger partial charge is 0.495 e. The summed E-state index contributed by atoms with van der Waals surface area (Å²) in [6.45, 7) is 3.11. The first-order valence-electron chi connectivity index (χ1n) is 8.53. The van der Waals surface area contributed by atoms with E-state index in [1.165, 1.54) is 0 Å². The summed E-state index contributed by atoms with van der Waals surface area (Å²) in [7, 11) is 1.64. The van der Waals surface area contributed by atoms with Crippen molar-refractivity contribution in [3.63, 3.8) is 0 Å². The molecule has 27 heavy (non-hydrogen) atoms. The molecule has 0 aliphatic rings. The molecule has 6 heteroatoms. The van der Waals surface area contributed by atoms with Crippen LogP contribution in [0.1, 0.15) is 16.9 Å². The lowest BCUT2D eigenvalue weighted by atomic mass is 10.2. The van der Waals surface area contributed by atoms with E-state index in [-0.39, 0.29) is 0 Å². The van der Waals surface area contributed by atoms with E-state index in [1.807, 2.05) is 66.4 Å². The van der Waals surface area contributed by atoms with Crippen LogP contribution in [0.25, 0.3) is 0 Å². The molecule has 0 spiro atoms. The fourth-order valence-corrected chi connectivity index (χ4v) is 3.17. The van der Waals surface area contributed by atoms with Crippen molar-refractivity contribution in [1.82, 2.24) is 4.90 Å². The van der Waals surface area contributed by atoms with Crippen molar-refractivity contribution in [1.29, 1.82) is 0 Å². The van der Waals surface area contributed by atoms with Crippen LogP contribution in [0, 0.1) is 6.92 Å². The third kappa shape index (κ3) is 5.02. The number of methoxy groups -OCH3 is 1. The molecule has 4 nitrogen and oxygen atoms in total. The van der Waals surface area contributed by atoms with Crippen LogP contribution < -0.4 is 10.1 Å². The van der Waals surface area contributed by atoms with Gasteiger partial charge in [0.25, 0.3) is 0 Å². The molecule has 140 valence electrons. The molecular formula is C21H21ClN2O2S. The highest BCUT2D eigenvalue weighted by atomic mass is 35.5. The Balaban J connectivity index is 1.84. The summed E-state index contributed by atoms with van der Waals surface area (Å²) in [5.41, 5.74) is 2.93. The normalized spacial score (nSPS) is 10.5. The molecule has 0 unspecified atom stereocenters. The van der Waals surface area contributed by atoms with Gasteiger partial charge in [-0.1, -0.05) is 35.9 Å². The van der Waals surface area contributed by atoms with E-state index in [2.05, 4.69) is 5.32 Å². The highest BCUT2D eigenvalue weighted by Crippen LogP contribution is 2.26. The second kappa shape index (κ2) is 8.93. The Morgan fingerprint density at radius 3 is 2.67 bits per heavy atom. The van der Waals surface area contributed by atoms with Gasteiger partial charge < -0.3 is 19.4 Å². The molecule has 0 aliphatic carbocycles. The average molecular weight is 401 g/mol. The highest BCUT2D eigenvalue weighted by molar-refractivity contribution is 7.80. The Morgan fingerprint density at radius 1 is 1.15 bits per heavy atom. The number of halogens is 1. The molecule has 0 amide bonds. The van der Waals surface area contributed by atoms with Gasteiger partial charge >= 0.3 is 0 Å². The number of hydrogen-bond acceptors (Lipinski definition) is 3. The van der Waals surface area contributed by atoms with Crippen LogP contribution in [-0.4, -0.2) is 17.1 Å². The van der Waals surface area contributed by atoms with Crippen molar-refractivity contribution >= 4 is 34.6 Å². The lowest BCUT2D eigenvalue weighted by molar-refractivity contribution is 0.360. The summed E-state index contributed by atoms with van der Waals surface area (Å²) in [5.74, 6) is 1.56. The van der Waals surface area contributed by atoms with Gasteiger partial charge in [-0.2, -0.15) is 0 Å². The number of ether oxygens (including phenoxy) is 1. The monoisotopic (exact) mass is 400 g/mol. The zero-order valence-corrected chi connectivity index (χ0v) is 16.8. The number of nitrogens with zero attached hydrogens (tertiary/aromatic N) is 1. The molecule has 1 heterocycles. The van der Waals surface area contributed by atoms with Gasteiger partial charge in [-0.3, -0.25) is 0 Å². The van der Waals surface area contributed by atoms with E-state index in [0.29, 0.717) is 23.2 Å². The van der Waals surface area contributed by atoms with E-state index < -0.39 is 0 Å². The number of benzene rings is 2. The maximum Gasteiger partial charge on any atom is 0.174 e. The molecule has 0 fully saturated rings. The molecule has 0 saturated carbocycles. The highest BCUT2D eigenvalue weighted by Gasteiger charge is 2.16. The number of nitrogens with one attached hydrogen (secondary N) is 1. The quantitative estimate of drug-likeness (QED) is 0.541. The second-order valence-electron chi connectivity index (χ2n) is 6.16. The number of rotatable bonds is 6. The topological polar surface area (TPSA) is 37.6 Å². The predicted molar refractivity (Wildman–Crippen MR) is 113 cm³/mol. The van der Waals surface area contributed by atoms with Gasteiger partial charge in [0.1, 0.15) is 11.5 Å². The molecule has 1 aromatic heterocycles. The molecule has 3 aromatic rings. The lowest BCUT2D eigenvalue weighted by Gasteiger charge is -2.26. The van der Waals surface area contributed by atoms with Crippen LogP contribution in [0.4, 0.5) is 5.69 Å². The van der Waals surface area contributed by atoms with E-state index in [1.54, 1.807) is 13.4 Å². The zero-order chi connectivity index (χ0) is 19.2. The minimum Gasteiger partial charge on any atom is -0.495 e. The van der Waals surface area contributed by atoms with Crippen molar-refractivity contribution in [2.75, 3.05) is 12.4 Å². The number of furan rings is 1. The van der Waals surface area contributed by atoms with Crippen LogP contribution in [0.3, 0.4) is 0 Å². The molecule has 1 N–H and O–H groups in total. The lowest BCUT2D eigenvalue weighted by Crippen LogP contribution is -2.34. The molecule has 2 aromatic carbocycles. The minimum atomic E-state index is 0.526. The Bertz CT molecular complexity index is 912. The Hall–Kier alpha value is -2.50. The van der Waals surface area contributed by atoms with Gasteiger partial charge in [0.15, 0.2) is 5.11 Å². The summed E-state index contributed by atoms with van der Waals surface area (Å²) in [4.78, 5) is 2.01. The number of thiocarbonyl (C=S) groups is 1. The molecule has 0 bridgehead atoms. The first-order chi connectivity index (χ1) is 13.1. The van der Waals surface area contributed by atoms with Crippen LogP contribution >= 0.6 is 23.8 Å². The van der Waals surface area contributed by atoms with Gasteiger partial charge in [0.05, 0.1) is 25.6 Å². The standard InChI is InChI=1S/C21H21ClN2O2S/c1-15-9-10-20(25-2)19(12-15)23-21(27)24(14-17-7-5-11-26-17)13-16-6-3-4-8-18(16)22/h3-12H,13-14H2,1-2H3,(H,23,27). The molecule has 0 saturated heterocycles. The maximum absolute atomic E-state index is 6.35. The van der Waals surface area contributed by atoms with E-state index in [9.17, 15) is 0 Å². The van der Waals surface area contributed by atoms with Gasteiger partial charge in [0.2, 0.25) is 0 Å². The number of anilines is 1. The molecule has 0 aliphatic heterocycles. The van der Waals surface area contributed by atoms with E-state index in [0.717, 1.165) is 28.3 Å². The van der Waals surface area contributed by atoms with Crippen molar-refractivity contribution in [3.05, 3.63) is 82.8 Å². The van der Waals surface area contributed by atoms with Crippen LogP contribution in [0.15, 0.2) is 65.3 Å². The first-order valence-corrected chi connectivity index (χ1v) is 9.32. The molecule has 3 rings (SSSR count). The Labute approximate surface area is 169 Å². The predicted octanol–water partition coefficient (Wildman–Crippen LogP) is 5.65. The molecule has 0 radical (unpaired) electrons. The Kier molecular flexibility index (Phi) is 6.37. The number of aryl methyl sites for hydroxylation is 1. The summed E-state index contributed by atoms with van der Waals surface area (Å²) in [5, 5.41) is 4.57. The zero-order valence-electron chi connectivity index (χ0n) is 15.2. The molecule has 0 atom stereocenters. The van der Waals surface area contributed by atoms with Gasteiger partial charge in [-0.25, -0.2) is 0 Å².